The molecule has 4 heteroatoms. The van der Waals surface area contributed by atoms with Crippen molar-refractivity contribution in [1.29, 1.82) is 0 Å². The number of methoxy groups -OCH3 is 2. The number of benzene rings is 1. The van der Waals surface area contributed by atoms with E-state index in [4.69, 9.17) is 15.2 Å². The van der Waals surface area contributed by atoms with Crippen molar-refractivity contribution in [2.75, 3.05) is 14.2 Å². The average Bonchev–Trinajstić information content (AvgIpc) is 2.93. The summed E-state index contributed by atoms with van der Waals surface area (Å²) >= 11 is 3.42. The zero-order valence-corrected chi connectivity index (χ0v) is 10.4. The highest BCUT2D eigenvalue weighted by molar-refractivity contribution is 9.10. The van der Waals surface area contributed by atoms with Crippen LogP contribution in [0.3, 0.4) is 0 Å². The van der Waals surface area contributed by atoms with Gasteiger partial charge in [-0.3, -0.25) is 0 Å². The number of hydrogen-bond acceptors (Lipinski definition) is 3. The fourth-order valence-electron chi connectivity index (χ4n) is 1.82. The molecule has 0 saturated heterocycles. The second-order valence-electron chi connectivity index (χ2n) is 3.73. The molecule has 2 N–H and O–H groups in total. The number of rotatable bonds is 3. The van der Waals surface area contributed by atoms with E-state index in [0.29, 0.717) is 5.92 Å². The summed E-state index contributed by atoms with van der Waals surface area (Å²) in [6.07, 6.45) is 1.01. The maximum atomic E-state index is 5.86. The quantitative estimate of drug-likeness (QED) is 0.918. The molecule has 1 aliphatic carbocycles. The van der Waals surface area contributed by atoms with E-state index in [0.717, 1.165) is 28.0 Å². The van der Waals surface area contributed by atoms with Crippen molar-refractivity contribution in [3.63, 3.8) is 0 Å². The molecule has 2 rings (SSSR count). The smallest absolute Gasteiger partial charge is 0.127 e. The molecule has 0 aromatic heterocycles. The highest BCUT2D eigenvalue weighted by Crippen LogP contribution is 2.48. The molecular formula is C11H14BrNO2. The molecule has 3 nitrogen and oxygen atoms in total. The second-order valence-corrected chi connectivity index (χ2v) is 4.65. The van der Waals surface area contributed by atoms with E-state index in [2.05, 4.69) is 15.9 Å². The van der Waals surface area contributed by atoms with Crippen LogP contribution in [0.4, 0.5) is 0 Å². The van der Waals surface area contributed by atoms with Gasteiger partial charge in [0.2, 0.25) is 0 Å². The molecule has 0 spiro atoms. The lowest BCUT2D eigenvalue weighted by molar-refractivity contribution is 0.384. The van der Waals surface area contributed by atoms with Gasteiger partial charge in [-0.1, -0.05) is 15.9 Å². The molecule has 0 aliphatic heterocycles. The summed E-state index contributed by atoms with van der Waals surface area (Å²) in [5.74, 6) is 2.07. The Bertz CT molecular complexity index is 356. The Hall–Kier alpha value is -0.740. The van der Waals surface area contributed by atoms with Gasteiger partial charge in [-0.2, -0.15) is 0 Å². The zero-order chi connectivity index (χ0) is 11.0. The van der Waals surface area contributed by atoms with E-state index < -0.39 is 0 Å². The fraction of sp³-hybridized carbons (Fsp3) is 0.455. The molecule has 82 valence electrons. The average molecular weight is 272 g/mol. The SMILES string of the molecule is COc1cc(Br)cc(OC)c1C1CC1N. The van der Waals surface area contributed by atoms with Crippen LogP contribution in [0.5, 0.6) is 11.5 Å². The Morgan fingerprint density at radius 1 is 1.27 bits per heavy atom. The highest BCUT2D eigenvalue weighted by atomic mass is 79.9. The molecule has 1 aromatic rings. The van der Waals surface area contributed by atoms with Crippen LogP contribution in [0.1, 0.15) is 17.9 Å². The lowest BCUT2D eigenvalue weighted by Crippen LogP contribution is -2.04. The summed E-state index contributed by atoms with van der Waals surface area (Å²) < 4.78 is 11.7. The second kappa shape index (κ2) is 4.02. The normalized spacial score (nSPS) is 23.7. The summed E-state index contributed by atoms with van der Waals surface area (Å²) in [6, 6.07) is 4.14. The third-order valence-electron chi connectivity index (χ3n) is 2.72. The van der Waals surface area contributed by atoms with Crippen molar-refractivity contribution in [1.82, 2.24) is 0 Å². The van der Waals surface area contributed by atoms with Gasteiger partial charge in [-0.05, 0) is 18.6 Å². The van der Waals surface area contributed by atoms with Crippen molar-refractivity contribution >= 4 is 15.9 Å². The van der Waals surface area contributed by atoms with E-state index >= 15 is 0 Å². The van der Waals surface area contributed by atoms with Crippen molar-refractivity contribution in [2.24, 2.45) is 5.73 Å². The summed E-state index contributed by atoms with van der Waals surface area (Å²) in [5.41, 5.74) is 6.95. The van der Waals surface area contributed by atoms with E-state index in [1.165, 1.54) is 0 Å². The molecular weight excluding hydrogens is 258 g/mol. The Balaban J connectivity index is 2.48. The standard InChI is InChI=1S/C11H14BrNO2/c1-14-9-3-6(12)4-10(15-2)11(9)7-5-8(7)13/h3-4,7-8H,5,13H2,1-2H3. The van der Waals surface area contributed by atoms with Crippen LogP contribution in [0.15, 0.2) is 16.6 Å². The monoisotopic (exact) mass is 271 g/mol. The van der Waals surface area contributed by atoms with Gasteiger partial charge in [-0.25, -0.2) is 0 Å². The Labute approximate surface area is 97.7 Å². The molecule has 1 fully saturated rings. The molecule has 2 unspecified atom stereocenters. The number of ether oxygens (including phenoxy) is 2. The predicted octanol–water partition coefficient (Wildman–Crippen LogP) is 2.28. The van der Waals surface area contributed by atoms with E-state index in [9.17, 15) is 0 Å². The van der Waals surface area contributed by atoms with Gasteiger partial charge in [0.15, 0.2) is 0 Å². The topological polar surface area (TPSA) is 44.5 Å². The molecule has 0 amide bonds. The first-order chi connectivity index (χ1) is 7.17. The minimum Gasteiger partial charge on any atom is -0.496 e. The molecule has 1 saturated carbocycles. The molecule has 1 aromatic carbocycles. The van der Waals surface area contributed by atoms with Crippen LogP contribution in [0.25, 0.3) is 0 Å². The van der Waals surface area contributed by atoms with Crippen molar-refractivity contribution in [3.8, 4) is 11.5 Å². The number of nitrogens with two attached hydrogens (primary N) is 1. The van der Waals surface area contributed by atoms with Crippen LogP contribution in [0, 0.1) is 0 Å². The van der Waals surface area contributed by atoms with Gasteiger partial charge in [-0.15, -0.1) is 0 Å². The van der Waals surface area contributed by atoms with Crippen LogP contribution in [-0.2, 0) is 0 Å². The van der Waals surface area contributed by atoms with E-state index in [1.807, 2.05) is 12.1 Å². The van der Waals surface area contributed by atoms with Crippen molar-refractivity contribution in [3.05, 3.63) is 22.2 Å². The minimum atomic E-state index is 0.244. The number of hydrogen-bond donors (Lipinski definition) is 1. The van der Waals surface area contributed by atoms with Crippen LogP contribution >= 0.6 is 15.9 Å². The summed E-state index contributed by atoms with van der Waals surface area (Å²) in [5, 5.41) is 0. The third kappa shape index (κ3) is 1.96. The first kappa shape index (κ1) is 10.8. The molecule has 0 heterocycles. The van der Waals surface area contributed by atoms with Gasteiger partial charge in [0.25, 0.3) is 0 Å². The molecule has 2 atom stereocenters. The molecule has 15 heavy (non-hydrogen) atoms. The zero-order valence-electron chi connectivity index (χ0n) is 8.79. The predicted molar refractivity (Wildman–Crippen MR) is 62.6 cm³/mol. The van der Waals surface area contributed by atoms with Crippen molar-refractivity contribution in [2.45, 2.75) is 18.4 Å². The number of halogens is 1. The molecule has 1 aliphatic rings. The van der Waals surface area contributed by atoms with Crippen LogP contribution < -0.4 is 15.2 Å². The van der Waals surface area contributed by atoms with Crippen LogP contribution in [-0.4, -0.2) is 20.3 Å². The molecule has 0 bridgehead atoms. The third-order valence-corrected chi connectivity index (χ3v) is 3.18. The van der Waals surface area contributed by atoms with Crippen LogP contribution in [0.2, 0.25) is 0 Å². The summed E-state index contributed by atoms with van der Waals surface area (Å²) in [7, 11) is 3.33. The van der Waals surface area contributed by atoms with Gasteiger partial charge >= 0.3 is 0 Å². The highest BCUT2D eigenvalue weighted by Gasteiger charge is 2.39. The minimum absolute atomic E-state index is 0.244. The molecule has 0 radical (unpaired) electrons. The maximum Gasteiger partial charge on any atom is 0.127 e. The van der Waals surface area contributed by atoms with Gasteiger partial charge in [0.05, 0.1) is 14.2 Å². The first-order valence-electron chi connectivity index (χ1n) is 4.84. The maximum absolute atomic E-state index is 5.86. The van der Waals surface area contributed by atoms with Gasteiger partial charge in [0.1, 0.15) is 11.5 Å². The summed E-state index contributed by atoms with van der Waals surface area (Å²) in [6.45, 7) is 0. The lowest BCUT2D eigenvalue weighted by Gasteiger charge is -2.13. The Kier molecular flexibility index (Phi) is 2.89. The first-order valence-corrected chi connectivity index (χ1v) is 5.63. The van der Waals surface area contributed by atoms with Gasteiger partial charge in [0, 0.05) is 22.0 Å². The largest absolute Gasteiger partial charge is 0.496 e. The lowest BCUT2D eigenvalue weighted by atomic mass is 10.1. The van der Waals surface area contributed by atoms with E-state index in [1.54, 1.807) is 14.2 Å². The van der Waals surface area contributed by atoms with Crippen molar-refractivity contribution < 1.29 is 9.47 Å². The van der Waals surface area contributed by atoms with E-state index in [-0.39, 0.29) is 6.04 Å². The fourth-order valence-corrected chi connectivity index (χ4v) is 2.23. The Morgan fingerprint density at radius 2 is 1.73 bits per heavy atom. The Morgan fingerprint density at radius 3 is 2.07 bits per heavy atom. The van der Waals surface area contributed by atoms with Gasteiger partial charge < -0.3 is 15.2 Å². The summed E-state index contributed by atoms with van der Waals surface area (Å²) in [4.78, 5) is 0.